The number of carbonyl (C=O) groups is 2. The molecule has 1 aromatic heterocycles. The topological polar surface area (TPSA) is 110 Å². The van der Waals surface area contributed by atoms with Crippen LogP contribution in [-0.4, -0.2) is 87.9 Å². The van der Waals surface area contributed by atoms with Crippen LogP contribution in [0.3, 0.4) is 0 Å². The smallest absolute Gasteiger partial charge is 0.409 e. The van der Waals surface area contributed by atoms with E-state index in [2.05, 4.69) is 10.3 Å². The van der Waals surface area contributed by atoms with E-state index in [-0.39, 0.29) is 30.6 Å². The number of methoxy groups -OCH3 is 1. The maximum atomic E-state index is 12.8. The molecule has 0 saturated carbocycles. The van der Waals surface area contributed by atoms with Crippen molar-refractivity contribution >= 4 is 12.0 Å². The van der Waals surface area contributed by atoms with Gasteiger partial charge >= 0.3 is 6.09 Å². The molecule has 0 aliphatic carbocycles. The van der Waals surface area contributed by atoms with E-state index in [0.717, 1.165) is 5.69 Å². The van der Waals surface area contributed by atoms with Crippen molar-refractivity contribution in [1.29, 1.82) is 0 Å². The highest BCUT2D eigenvalue weighted by Gasteiger charge is 2.29. The third kappa shape index (κ3) is 5.65. The summed E-state index contributed by atoms with van der Waals surface area (Å²) in [7, 11) is 2.97. The normalized spacial score (nSPS) is 22.6. The van der Waals surface area contributed by atoms with Crippen LogP contribution in [0.4, 0.5) is 4.79 Å². The molecule has 1 aliphatic rings. The number of aromatic nitrogens is 3. The van der Waals surface area contributed by atoms with Gasteiger partial charge in [0.15, 0.2) is 0 Å². The fourth-order valence-electron chi connectivity index (χ4n) is 3.25. The fraction of sp³-hybridized carbons (Fsp3) is 0.778. The van der Waals surface area contributed by atoms with Crippen molar-refractivity contribution in [2.24, 2.45) is 5.92 Å². The highest BCUT2D eigenvalue weighted by molar-refractivity contribution is 5.76. The van der Waals surface area contributed by atoms with Crippen LogP contribution < -0.4 is 0 Å². The molecule has 0 unspecified atom stereocenters. The summed E-state index contributed by atoms with van der Waals surface area (Å²) in [4.78, 5) is 27.7. The number of aliphatic hydroxyl groups excluding tert-OH is 1. The predicted molar refractivity (Wildman–Crippen MR) is 100 cm³/mol. The number of fused-ring (bicyclic) bond motifs is 1. The SMILES string of the molecule is COC(=O)N(C)C[C@@H]1OCc2cnnn2CCCC(=O)N([C@H](C)CO)C[C@@H]1C. The molecule has 1 aliphatic heterocycles. The Labute approximate surface area is 165 Å². The monoisotopic (exact) mass is 397 g/mol. The Morgan fingerprint density at radius 3 is 2.96 bits per heavy atom. The molecule has 158 valence electrons. The van der Waals surface area contributed by atoms with Crippen LogP contribution in [0.25, 0.3) is 0 Å². The summed E-state index contributed by atoms with van der Waals surface area (Å²) in [6.07, 6.45) is 1.86. The minimum Gasteiger partial charge on any atom is -0.453 e. The lowest BCUT2D eigenvalue weighted by molar-refractivity contribution is -0.136. The lowest BCUT2D eigenvalue weighted by Gasteiger charge is -2.35. The summed E-state index contributed by atoms with van der Waals surface area (Å²) in [5, 5.41) is 17.6. The van der Waals surface area contributed by atoms with Gasteiger partial charge in [0, 0.05) is 32.5 Å². The minimum atomic E-state index is -0.453. The molecule has 1 N–H and O–H groups in total. The Kier molecular flexibility index (Phi) is 8.18. The van der Waals surface area contributed by atoms with Crippen LogP contribution in [-0.2, 0) is 27.4 Å². The van der Waals surface area contributed by atoms with Crippen molar-refractivity contribution in [3.63, 3.8) is 0 Å². The lowest BCUT2D eigenvalue weighted by atomic mass is 10.0. The van der Waals surface area contributed by atoms with Crippen molar-refractivity contribution < 1.29 is 24.2 Å². The van der Waals surface area contributed by atoms with E-state index in [9.17, 15) is 14.7 Å². The molecule has 2 amide bonds. The van der Waals surface area contributed by atoms with Gasteiger partial charge in [-0.3, -0.25) is 4.79 Å². The van der Waals surface area contributed by atoms with Crippen LogP contribution in [0.15, 0.2) is 6.20 Å². The molecule has 0 saturated heterocycles. The minimum absolute atomic E-state index is 0.0179. The highest BCUT2D eigenvalue weighted by Crippen LogP contribution is 2.18. The third-order valence-electron chi connectivity index (χ3n) is 5.08. The second-order valence-corrected chi connectivity index (χ2v) is 7.31. The first-order valence-electron chi connectivity index (χ1n) is 9.55. The average Bonchev–Trinajstić information content (AvgIpc) is 3.13. The number of likely N-dealkylation sites (N-methyl/N-ethyl adjacent to an activating group) is 1. The van der Waals surface area contributed by atoms with E-state index in [0.29, 0.717) is 39.1 Å². The number of amides is 2. The summed E-state index contributed by atoms with van der Waals surface area (Å²) in [5.74, 6) is -0.0930. The van der Waals surface area contributed by atoms with E-state index >= 15 is 0 Å². The van der Waals surface area contributed by atoms with E-state index < -0.39 is 6.09 Å². The second-order valence-electron chi connectivity index (χ2n) is 7.31. The molecule has 10 heteroatoms. The number of aryl methyl sites for hydroxylation is 1. The van der Waals surface area contributed by atoms with Crippen LogP contribution >= 0.6 is 0 Å². The van der Waals surface area contributed by atoms with Gasteiger partial charge in [0.1, 0.15) is 0 Å². The molecular formula is C18H31N5O5. The average molecular weight is 397 g/mol. The molecule has 10 nitrogen and oxygen atoms in total. The van der Waals surface area contributed by atoms with Gasteiger partial charge in [-0.25, -0.2) is 9.48 Å². The van der Waals surface area contributed by atoms with Crippen LogP contribution in [0.5, 0.6) is 0 Å². The molecule has 0 aromatic carbocycles. The van der Waals surface area contributed by atoms with Crippen molar-refractivity contribution in [3.05, 3.63) is 11.9 Å². The van der Waals surface area contributed by atoms with Crippen LogP contribution in [0, 0.1) is 5.92 Å². The maximum Gasteiger partial charge on any atom is 0.409 e. The fourth-order valence-corrected chi connectivity index (χ4v) is 3.25. The third-order valence-corrected chi connectivity index (χ3v) is 5.08. The zero-order valence-electron chi connectivity index (χ0n) is 17.1. The van der Waals surface area contributed by atoms with Crippen molar-refractivity contribution in [3.8, 4) is 0 Å². The quantitative estimate of drug-likeness (QED) is 0.788. The van der Waals surface area contributed by atoms with Gasteiger partial charge in [0.25, 0.3) is 0 Å². The summed E-state index contributed by atoms with van der Waals surface area (Å²) < 4.78 is 12.6. The van der Waals surface area contributed by atoms with Crippen molar-refractivity contribution in [2.75, 3.05) is 33.9 Å². The van der Waals surface area contributed by atoms with Gasteiger partial charge in [0.05, 0.1) is 50.9 Å². The molecular weight excluding hydrogens is 366 g/mol. The highest BCUT2D eigenvalue weighted by atomic mass is 16.5. The standard InChI is InChI=1S/C18H31N5O5/c1-13-9-22(14(2)11-24)17(25)6-5-7-23-15(8-19-20-23)12-28-16(13)10-21(3)18(26)27-4/h8,13-14,16,24H,5-7,9-12H2,1-4H3/t13-,14+,16-/m0/s1. The Bertz CT molecular complexity index is 652. The number of hydrogen-bond donors (Lipinski definition) is 1. The number of rotatable bonds is 4. The molecule has 2 rings (SSSR count). The molecule has 0 radical (unpaired) electrons. The Hall–Kier alpha value is -2.20. The van der Waals surface area contributed by atoms with Crippen molar-refractivity contribution in [1.82, 2.24) is 24.8 Å². The van der Waals surface area contributed by atoms with Gasteiger partial charge in [-0.2, -0.15) is 0 Å². The number of aliphatic hydroxyl groups is 1. The molecule has 2 heterocycles. The Morgan fingerprint density at radius 1 is 1.54 bits per heavy atom. The van der Waals surface area contributed by atoms with Crippen molar-refractivity contribution in [2.45, 2.75) is 52.0 Å². The van der Waals surface area contributed by atoms with Gasteiger partial charge in [-0.1, -0.05) is 12.1 Å². The first-order valence-corrected chi connectivity index (χ1v) is 9.55. The zero-order chi connectivity index (χ0) is 20.7. The van der Waals surface area contributed by atoms with Gasteiger partial charge < -0.3 is 24.4 Å². The summed E-state index contributed by atoms with van der Waals surface area (Å²) in [5.41, 5.74) is 0.825. The molecule has 0 fully saturated rings. The van der Waals surface area contributed by atoms with E-state index in [1.54, 1.807) is 22.8 Å². The summed E-state index contributed by atoms with van der Waals surface area (Å²) in [6.45, 7) is 5.29. The van der Waals surface area contributed by atoms with Gasteiger partial charge in [0.2, 0.25) is 5.91 Å². The number of ether oxygens (including phenoxy) is 2. The molecule has 28 heavy (non-hydrogen) atoms. The first kappa shape index (κ1) is 22.1. The zero-order valence-corrected chi connectivity index (χ0v) is 17.1. The molecule has 3 atom stereocenters. The summed E-state index contributed by atoms with van der Waals surface area (Å²) >= 11 is 0. The largest absolute Gasteiger partial charge is 0.453 e. The Morgan fingerprint density at radius 2 is 2.29 bits per heavy atom. The van der Waals surface area contributed by atoms with E-state index in [1.165, 1.54) is 12.0 Å². The molecule has 0 bridgehead atoms. The van der Waals surface area contributed by atoms with E-state index in [1.807, 2.05) is 13.8 Å². The summed E-state index contributed by atoms with van der Waals surface area (Å²) in [6, 6.07) is -0.293. The van der Waals surface area contributed by atoms with Gasteiger partial charge in [-0.15, -0.1) is 5.10 Å². The van der Waals surface area contributed by atoms with E-state index in [4.69, 9.17) is 9.47 Å². The second kappa shape index (κ2) is 10.4. The lowest BCUT2D eigenvalue weighted by Crippen LogP contribution is -2.47. The Balaban J connectivity index is 2.25. The number of hydrogen-bond acceptors (Lipinski definition) is 7. The molecule has 1 aromatic rings. The molecule has 0 spiro atoms. The number of carbonyl (C=O) groups excluding carboxylic acids is 2. The van der Waals surface area contributed by atoms with Gasteiger partial charge in [-0.05, 0) is 13.3 Å². The maximum absolute atomic E-state index is 12.8. The van der Waals surface area contributed by atoms with Crippen LogP contribution in [0.2, 0.25) is 0 Å². The predicted octanol–water partition coefficient (Wildman–Crippen LogP) is 0.501. The first-order chi connectivity index (χ1) is 13.4. The van der Waals surface area contributed by atoms with Crippen LogP contribution in [0.1, 0.15) is 32.4 Å². The number of nitrogens with zero attached hydrogens (tertiary/aromatic N) is 5.